The van der Waals surface area contributed by atoms with Gasteiger partial charge in [0.2, 0.25) is 0 Å². The molecule has 1 aromatic rings. The van der Waals surface area contributed by atoms with E-state index in [1.54, 1.807) is 25.3 Å². The minimum Gasteiger partial charge on any atom is -0.392 e. The standard InChI is InChI=1S/C10H15N3O2/c1-7(14)6-13-10(15)8-2-3-12-9(4-8)5-11/h2-4,7,14H,5-6,11H2,1H3,(H,13,15)/t7-/m1/s1. The molecule has 0 radical (unpaired) electrons. The molecule has 1 atom stereocenters. The lowest BCUT2D eigenvalue weighted by molar-refractivity contribution is 0.0924. The molecule has 5 heteroatoms. The molecule has 0 saturated carbocycles. The van der Waals surface area contributed by atoms with Crippen LogP contribution in [0.1, 0.15) is 23.0 Å². The Hall–Kier alpha value is -1.46. The molecular weight excluding hydrogens is 194 g/mol. The van der Waals surface area contributed by atoms with E-state index in [0.29, 0.717) is 17.8 Å². The molecule has 0 aliphatic rings. The highest BCUT2D eigenvalue weighted by atomic mass is 16.3. The summed E-state index contributed by atoms with van der Waals surface area (Å²) in [5, 5.41) is 11.6. The van der Waals surface area contributed by atoms with Crippen LogP contribution in [0.2, 0.25) is 0 Å². The first-order valence-corrected chi connectivity index (χ1v) is 4.74. The van der Waals surface area contributed by atoms with Gasteiger partial charge in [0.25, 0.3) is 5.91 Å². The normalized spacial score (nSPS) is 12.2. The average molecular weight is 209 g/mol. The van der Waals surface area contributed by atoms with Crippen molar-refractivity contribution in [2.45, 2.75) is 19.6 Å². The van der Waals surface area contributed by atoms with Gasteiger partial charge in [-0.25, -0.2) is 0 Å². The van der Waals surface area contributed by atoms with E-state index in [1.807, 2.05) is 0 Å². The van der Waals surface area contributed by atoms with Crippen LogP contribution in [0.25, 0.3) is 0 Å². The number of carbonyl (C=O) groups excluding carboxylic acids is 1. The molecule has 1 aromatic heterocycles. The van der Waals surface area contributed by atoms with E-state index in [1.165, 1.54) is 0 Å². The van der Waals surface area contributed by atoms with Crippen molar-refractivity contribution >= 4 is 5.91 Å². The zero-order valence-electron chi connectivity index (χ0n) is 8.60. The number of carbonyl (C=O) groups is 1. The van der Waals surface area contributed by atoms with Crippen molar-refractivity contribution in [2.24, 2.45) is 5.73 Å². The minimum atomic E-state index is -0.551. The molecule has 1 amide bonds. The molecule has 4 N–H and O–H groups in total. The molecule has 0 bridgehead atoms. The number of aromatic nitrogens is 1. The van der Waals surface area contributed by atoms with Gasteiger partial charge in [0.15, 0.2) is 0 Å². The topological polar surface area (TPSA) is 88.2 Å². The predicted octanol–water partition coefficient (Wildman–Crippen LogP) is -0.349. The zero-order valence-corrected chi connectivity index (χ0v) is 8.60. The maximum Gasteiger partial charge on any atom is 0.251 e. The summed E-state index contributed by atoms with van der Waals surface area (Å²) >= 11 is 0. The third kappa shape index (κ3) is 3.65. The smallest absolute Gasteiger partial charge is 0.251 e. The molecule has 15 heavy (non-hydrogen) atoms. The molecule has 0 spiro atoms. The van der Waals surface area contributed by atoms with E-state index in [-0.39, 0.29) is 12.5 Å². The van der Waals surface area contributed by atoms with Crippen molar-refractivity contribution in [3.8, 4) is 0 Å². The Morgan fingerprint density at radius 1 is 1.73 bits per heavy atom. The predicted molar refractivity (Wildman–Crippen MR) is 56.1 cm³/mol. The second kappa shape index (κ2) is 5.43. The van der Waals surface area contributed by atoms with Crippen LogP contribution in [0.4, 0.5) is 0 Å². The fraction of sp³-hybridized carbons (Fsp3) is 0.400. The number of nitrogens with two attached hydrogens (primary N) is 1. The van der Waals surface area contributed by atoms with Crippen LogP contribution in [-0.4, -0.2) is 28.6 Å². The van der Waals surface area contributed by atoms with E-state index in [4.69, 9.17) is 10.8 Å². The molecule has 0 aromatic carbocycles. The maximum absolute atomic E-state index is 11.5. The summed E-state index contributed by atoms with van der Waals surface area (Å²) in [5.41, 5.74) is 6.58. The SMILES string of the molecule is C[C@@H](O)CNC(=O)c1ccnc(CN)c1. The van der Waals surface area contributed by atoms with Crippen molar-refractivity contribution in [3.05, 3.63) is 29.6 Å². The Morgan fingerprint density at radius 2 is 2.47 bits per heavy atom. The summed E-state index contributed by atoms with van der Waals surface area (Å²) in [6, 6.07) is 3.24. The molecule has 1 rings (SSSR count). The van der Waals surface area contributed by atoms with E-state index < -0.39 is 6.10 Å². The number of aliphatic hydroxyl groups is 1. The Morgan fingerprint density at radius 3 is 3.07 bits per heavy atom. The monoisotopic (exact) mass is 209 g/mol. The van der Waals surface area contributed by atoms with Crippen molar-refractivity contribution in [3.63, 3.8) is 0 Å². The molecule has 0 unspecified atom stereocenters. The number of hydrogen-bond acceptors (Lipinski definition) is 4. The summed E-state index contributed by atoms with van der Waals surface area (Å²) in [6.07, 6.45) is 0.990. The zero-order chi connectivity index (χ0) is 11.3. The van der Waals surface area contributed by atoms with Gasteiger partial charge in [0.05, 0.1) is 11.8 Å². The van der Waals surface area contributed by atoms with Crippen LogP contribution in [-0.2, 0) is 6.54 Å². The lowest BCUT2D eigenvalue weighted by atomic mass is 10.2. The Kier molecular flexibility index (Phi) is 4.20. The van der Waals surface area contributed by atoms with E-state index >= 15 is 0 Å². The molecule has 5 nitrogen and oxygen atoms in total. The molecular formula is C10H15N3O2. The number of nitrogens with zero attached hydrogens (tertiary/aromatic N) is 1. The molecule has 0 saturated heterocycles. The van der Waals surface area contributed by atoms with Crippen LogP contribution < -0.4 is 11.1 Å². The van der Waals surface area contributed by atoms with E-state index in [0.717, 1.165) is 0 Å². The van der Waals surface area contributed by atoms with Crippen molar-refractivity contribution in [1.29, 1.82) is 0 Å². The highest BCUT2D eigenvalue weighted by Crippen LogP contribution is 2.00. The Bertz CT molecular complexity index is 339. The first-order valence-electron chi connectivity index (χ1n) is 4.74. The number of aliphatic hydroxyl groups excluding tert-OH is 1. The summed E-state index contributed by atoms with van der Waals surface area (Å²) in [5.74, 6) is -0.229. The fourth-order valence-corrected chi connectivity index (χ4v) is 1.07. The molecule has 0 aliphatic heterocycles. The first kappa shape index (κ1) is 11.6. The minimum absolute atomic E-state index is 0.229. The van der Waals surface area contributed by atoms with Gasteiger partial charge >= 0.3 is 0 Å². The third-order valence-electron chi connectivity index (χ3n) is 1.85. The second-order valence-electron chi connectivity index (χ2n) is 3.30. The van der Waals surface area contributed by atoms with Gasteiger partial charge in [0.1, 0.15) is 0 Å². The van der Waals surface area contributed by atoms with Crippen LogP contribution in [0.3, 0.4) is 0 Å². The van der Waals surface area contributed by atoms with Gasteiger partial charge in [-0.15, -0.1) is 0 Å². The quantitative estimate of drug-likeness (QED) is 0.632. The van der Waals surface area contributed by atoms with Gasteiger partial charge in [-0.3, -0.25) is 9.78 Å². The molecule has 1 heterocycles. The van der Waals surface area contributed by atoms with Gasteiger partial charge < -0.3 is 16.2 Å². The highest BCUT2D eigenvalue weighted by molar-refractivity contribution is 5.94. The number of nitrogens with one attached hydrogen (secondary N) is 1. The summed E-state index contributed by atoms with van der Waals surface area (Å²) < 4.78 is 0. The number of amides is 1. The van der Waals surface area contributed by atoms with Gasteiger partial charge in [0, 0.05) is 24.8 Å². The number of pyridine rings is 1. The summed E-state index contributed by atoms with van der Waals surface area (Å²) in [6.45, 7) is 2.15. The van der Waals surface area contributed by atoms with Crippen LogP contribution >= 0.6 is 0 Å². The third-order valence-corrected chi connectivity index (χ3v) is 1.85. The van der Waals surface area contributed by atoms with Crippen LogP contribution in [0, 0.1) is 0 Å². The molecule has 0 fully saturated rings. The molecule has 82 valence electrons. The summed E-state index contributed by atoms with van der Waals surface area (Å²) in [7, 11) is 0. The van der Waals surface area contributed by atoms with Gasteiger partial charge in [-0.2, -0.15) is 0 Å². The van der Waals surface area contributed by atoms with Gasteiger partial charge in [-0.05, 0) is 19.1 Å². The van der Waals surface area contributed by atoms with Crippen molar-refractivity contribution in [2.75, 3.05) is 6.54 Å². The maximum atomic E-state index is 11.5. The largest absolute Gasteiger partial charge is 0.392 e. The van der Waals surface area contributed by atoms with Crippen molar-refractivity contribution < 1.29 is 9.90 Å². The first-order chi connectivity index (χ1) is 7.13. The van der Waals surface area contributed by atoms with Crippen LogP contribution in [0.15, 0.2) is 18.3 Å². The number of rotatable bonds is 4. The van der Waals surface area contributed by atoms with Gasteiger partial charge in [-0.1, -0.05) is 0 Å². The highest BCUT2D eigenvalue weighted by Gasteiger charge is 2.06. The van der Waals surface area contributed by atoms with Crippen LogP contribution in [0.5, 0.6) is 0 Å². The second-order valence-corrected chi connectivity index (χ2v) is 3.30. The lowest BCUT2D eigenvalue weighted by Crippen LogP contribution is -2.30. The number of hydrogen-bond donors (Lipinski definition) is 3. The lowest BCUT2D eigenvalue weighted by Gasteiger charge is -2.07. The van der Waals surface area contributed by atoms with E-state index in [9.17, 15) is 4.79 Å². The molecule has 0 aliphatic carbocycles. The summed E-state index contributed by atoms with van der Waals surface area (Å²) in [4.78, 5) is 15.5. The van der Waals surface area contributed by atoms with Crippen molar-refractivity contribution in [1.82, 2.24) is 10.3 Å². The van der Waals surface area contributed by atoms with E-state index in [2.05, 4.69) is 10.3 Å². The average Bonchev–Trinajstić information content (AvgIpc) is 2.26. The fourth-order valence-electron chi connectivity index (χ4n) is 1.07. The Balaban J connectivity index is 2.65. The Labute approximate surface area is 88.3 Å².